The van der Waals surface area contributed by atoms with Crippen LogP contribution < -0.4 is 5.32 Å². The van der Waals surface area contributed by atoms with E-state index in [0.29, 0.717) is 16.2 Å². The van der Waals surface area contributed by atoms with Gasteiger partial charge in [-0.05, 0) is 42.9 Å². The van der Waals surface area contributed by atoms with E-state index in [2.05, 4.69) is 12.2 Å². The first kappa shape index (κ1) is 14.7. The van der Waals surface area contributed by atoms with Gasteiger partial charge in [0.15, 0.2) is 9.84 Å². The summed E-state index contributed by atoms with van der Waals surface area (Å²) in [4.78, 5) is 0.409. The first-order valence-corrected chi connectivity index (χ1v) is 9.44. The molecule has 1 aliphatic heterocycles. The first-order valence-electron chi connectivity index (χ1n) is 6.74. The van der Waals surface area contributed by atoms with Crippen LogP contribution in [0.3, 0.4) is 0 Å². The molecule has 1 saturated heterocycles. The summed E-state index contributed by atoms with van der Waals surface area (Å²) in [5.74, 6) is 1.39. The molecule has 5 heteroatoms. The number of nitrogens with one attached hydrogen (secondary N) is 1. The molecule has 0 spiro atoms. The van der Waals surface area contributed by atoms with Gasteiger partial charge in [-0.25, -0.2) is 8.42 Å². The molecule has 1 aliphatic rings. The minimum absolute atomic E-state index is 0.149. The van der Waals surface area contributed by atoms with Gasteiger partial charge in [-0.15, -0.1) is 0 Å². The lowest BCUT2D eigenvalue weighted by Crippen LogP contribution is -2.32. The summed E-state index contributed by atoms with van der Waals surface area (Å²) in [5.41, 5.74) is 1.01. The minimum atomic E-state index is -3.09. The highest BCUT2D eigenvalue weighted by Gasteiger charge is 2.21. The normalized spacial score (nSPS) is 24.1. The average Bonchev–Trinajstić information content (AvgIpc) is 2.42. The third-order valence-electron chi connectivity index (χ3n) is 3.55. The van der Waals surface area contributed by atoms with Gasteiger partial charge in [-0.2, -0.15) is 11.8 Å². The van der Waals surface area contributed by atoms with Crippen LogP contribution in [0.4, 0.5) is 5.69 Å². The maximum Gasteiger partial charge on any atom is 0.178 e. The second-order valence-electron chi connectivity index (χ2n) is 4.90. The fourth-order valence-corrected chi connectivity index (χ4v) is 4.28. The fraction of sp³-hybridized carbons (Fsp3) is 0.571. The molecule has 2 atom stereocenters. The van der Waals surface area contributed by atoms with E-state index in [1.807, 2.05) is 23.9 Å². The van der Waals surface area contributed by atoms with Gasteiger partial charge in [0.25, 0.3) is 0 Å². The van der Waals surface area contributed by atoms with Crippen LogP contribution in [-0.2, 0) is 9.84 Å². The van der Waals surface area contributed by atoms with Crippen molar-refractivity contribution in [2.45, 2.75) is 42.9 Å². The molecule has 0 amide bonds. The van der Waals surface area contributed by atoms with Crippen LogP contribution in [0.5, 0.6) is 0 Å². The topological polar surface area (TPSA) is 46.2 Å². The van der Waals surface area contributed by atoms with Gasteiger partial charge in [-0.1, -0.05) is 13.8 Å². The number of benzene rings is 1. The molecular weight excluding hydrogens is 278 g/mol. The first-order chi connectivity index (χ1) is 9.03. The van der Waals surface area contributed by atoms with Crippen LogP contribution in [0, 0.1) is 0 Å². The van der Waals surface area contributed by atoms with Crippen LogP contribution in [0.25, 0.3) is 0 Å². The van der Waals surface area contributed by atoms with Crippen molar-refractivity contribution in [2.75, 3.05) is 16.8 Å². The molecule has 106 valence electrons. The van der Waals surface area contributed by atoms with Gasteiger partial charge >= 0.3 is 0 Å². The molecule has 1 aromatic rings. The molecule has 19 heavy (non-hydrogen) atoms. The number of anilines is 1. The summed E-state index contributed by atoms with van der Waals surface area (Å²) in [6.45, 7) is 3.92. The van der Waals surface area contributed by atoms with E-state index < -0.39 is 9.84 Å². The lowest BCUT2D eigenvalue weighted by Gasteiger charge is -2.30. The maximum absolute atomic E-state index is 11.7. The van der Waals surface area contributed by atoms with Crippen LogP contribution in [0.15, 0.2) is 29.2 Å². The van der Waals surface area contributed by atoms with Crippen molar-refractivity contribution in [3.05, 3.63) is 24.3 Å². The smallest absolute Gasteiger partial charge is 0.178 e. The van der Waals surface area contributed by atoms with E-state index in [4.69, 9.17) is 0 Å². The molecule has 1 fully saturated rings. The Labute approximate surface area is 120 Å². The van der Waals surface area contributed by atoms with E-state index in [1.54, 1.807) is 19.1 Å². The molecule has 1 heterocycles. The Kier molecular flexibility index (Phi) is 4.79. The van der Waals surface area contributed by atoms with E-state index in [0.717, 1.165) is 5.69 Å². The predicted octanol–water partition coefficient (Wildman–Crippen LogP) is 3.18. The third kappa shape index (κ3) is 3.66. The highest BCUT2D eigenvalue weighted by Crippen LogP contribution is 2.28. The molecule has 2 unspecified atom stereocenters. The van der Waals surface area contributed by atoms with Gasteiger partial charge in [0.1, 0.15) is 0 Å². The second-order valence-corrected chi connectivity index (χ2v) is 8.66. The monoisotopic (exact) mass is 299 g/mol. The summed E-state index contributed by atoms with van der Waals surface area (Å²) in [6.07, 6.45) is 2.43. The summed E-state index contributed by atoms with van der Waals surface area (Å²) < 4.78 is 23.5. The number of hydrogen-bond donors (Lipinski definition) is 1. The van der Waals surface area contributed by atoms with Crippen molar-refractivity contribution >= 4 is 27.3 Å². The zero-order valence-electron chi connectivity index (χ0n) is 11.4. The van der Waals surface area contributed by atoms with Gasteiger partial charge in [0.05, 0.1) is 10.6 Å². The maximum atomic E-state index is 11.7. The number of sulfone groups is 1. The zero-order chi connectivity index (χ0) is 13.9. The SMILES string of the molecule is CCS(=O)(=O)c1ccc(NC2CCCSC2C)cc1. The van der Waals surface area contributed by atoms with E-state index >= 15 is 0 Å². The van der Waals surface area contributed by atoms with Gasteiger partial charge < -0.3 is 5.32 Å². The number of rotatable bonds is 4. The highest BCUT2D eigenvalue weighted by molar-refractivity contribution is 8.00. The van der Waals surface area contributed by atoms with Crippen LogP contribution in [0.2, 0.25) is 0 Å². The van der Waals surface area contributed by atoms with Crippen molar-refractivity contribution in [3.8, 4) is 0 Å². The molecular formula is C14H21NO2S2. The summed E-state index contributed by atoms with van der Waals surface area (Å²) >= 11 is 2.00. The summed E-state index contributed by atoms with van der Waals surface area (Å²) in [7, 11) is -3.09. The van der Waals surface area contributed by atoms with Gasteiger partial charge in [0, 0.05) is 17.0 Å². The zero-order valence-corrected chi connectivity index (χ0v) is 13.1. The Morgan fingerprint density at radius 2 is 2.00 bits per heavy atom. The molecule has 0 radical (unpaired) electrons. The Morgan fingerprint density at radius 3 is 2.58 bits per heavy atom. The van der Waals surface area contributed by atoms with E-state index in [9.17, 15) is 8.42 Å². The third-order valence-corrected chi connectivity index (χ3v) is 6.68. The minimum Gasteiger partial charge on any atom is -0.381 e. The molecule has 1 aromatic carbocycles. The standard InChI is InChI=1S/C14H21NO2S2/c1-3-19(16,17)13-8-6-12(7-9-13)15-14-5-4-10-18-11(14)2/h6-9,11,14-15H,3-5,10H2,1-2H3. The predicted molar refractivity (Wildman–Crippen MR) is 82.7 cm³/mol. The Morgan fingerprint density at radius 1 is 1.32 bits per heavy atom. The molecule has 3 nitrogen and oxygen atoms in total. The summed E-state index contributed by atoms with van der Waals surface area (Å²) in [6, 6.07) is 7.61. The number of thioether (sulfide) groups is 1. The molecule has 1 N–H and O–H groups in total. The van der Waals surface area contributed by atoms with E-state index in [1.165, 1.54) is 18.6 Å². The molecule has 0 bridgehead atoms. The molecule has 0 aromatic heterocycles. The van der Waals surface area contributed by atoms with Crippen LogP contribution in [0.1, 0.15) is 26.7 Å². The lowest BCUT2D eigenvalue weighted by molar-refractivity contribution is 0.597. The van der Waals surface area contributed by atoms with Crippen molar-refractivity contribution in [1.29, 1.82) is 0 Å². The van der Waals surface area contributed by atoms with Crippen molar-refractivity contribution < 1.29 is 8.42 Å². The molecule has 0 aliphatic carbocycles. The lowest BCUT2D eigenvalue weighted by atomic mass is 10.1. The Hall–Kier alpha value is -0.680. The average molecular weight is 299 g/mol. The molecule has 0 saturated carbocycles. The Balaban J connectivity index is 2.06. The van der Waals surface area contributed by atoms with Crippen LogP contribution >= 0.6 is 11.8 Å². The van der Waals surface area contributed by atoms with Crippen molar-refractivity contribution in [3.63, 3.8) is 0 Å². The quantitative estimate of drug-likeness (QED) is 0.927. The van der Waals surface area contributed by atoms with Gasteiger partial charge in [-0.3, -0.25) is 0 Å². The largest absolute Gasteiger partial charge is 0.381 e. The van der Waals surface area contributed by atoms with Crippen LogP contribution in [-0.4, -0.2) is 31.2 Å². The van der Waals surface area contributed by atoms with E-state index in [-0.39, 0.29) is 5.75 Å². The van der Waals surface area contributed by atoms with Gasteiger partial charge in [0.2, 0.25) is 0 Å². The van der Waals surface area contributed by atoms with Crippen molar-refractivity contribution in [2.24, 2.45) is 0 Å². The fourth-order valence-electron chi connectivity index (χ4n) is 2.25. The van der Waals surface area contributed by atoms with Crippen molar-refractivity contribution in [1.82, 2.24) is 0 Å². The highest BCUT2D eigenvalue weighted by atomic mass is 32.2. The second kappa shape index (κ2) is 6.18. The number of hydrogen-bond acceptors (Lipinski definition) is 4. The Bertz CT molecular complexity index is 511. The summed E-state index contributed by atoms with van der Waals surface area (Å²) in [5, 5.41) is 4.12. The molecule has 2 rings (SSSR count).